The first-order valence-corrected chi connectivity index (χ1v) is 10.4. The Balaban J connectivity index is 1.62. The van der Waals surface area contributed by atoms with E-state index in [2.05, 4.69) is 24.5 Å². The topological polar surface area (TPSA) is 50.4 Å². The lowest BCUT2D eigenvalue weighted by Crippen LogP contribution is -2.43. The fourth-order valence-corrected chi connectivity index (χ4v) is 3.44. The first kappa shape index (κ1) is 21.5. The largest absolute Gasteiger partial charge is 0.483 e. The maximum atomic E-state index is 12.4. The molecule has 0 aliphatic heterocycles. The van der Waals surface area contributed by atoms with Crippen LogP contribution in [0.4, 0.5) is 0 Å². The van der Waals surface area contributed by atoms with Crippen LogP contribution in [0.15, 0.2) is 84.9 Å². The van der Waals surface area contributed by atoms with Crippen molar-refractivity contribution >= 4 is 23.2 Å². The van der Waals surface area contributed by atoms with E-state index in [4.69, 9.17) is 17.0 Å². The van der Waals surface area contributed by atoms with Gasteiger partial charge in [-0.05, 0) is 40.9 Å². The number of hydrogen-bond acceptors (Lipinski definition) is 3. The van der Waals surface area contributed by atoms with Crippen LogP contribution >= 0.6 is 12.2 Å². The van der Waals surface area contributed by atoms with Gasteiger partial charge < -0.3 is 15.4 Å². The molecule has 154 valence electrons. The number of para-hydroxylation sites is 1. The van der Waals surface area contributed by atoms with E-state index in [0.717, 1.165) is 16.7 Å². The zero-order chi connectivity index (χ0) is 21.3. The van der Waals surface area contributed by atoms with Gasteiger partial charge in [-0.1, -0.05) is 92.7 Å². The summed E-state index contributed by atoms with van der Waals surface area (Å²) in [4.78, 5) is 12.4. The monoisotopic (exact) mass is 418 g/mol. The van der Waals surface area contributed by atoms with E-state index in [9.17, 15) is 4.79 Å². The van der Waals surface area contributed by atoms with Crippen LogP contribution in [0.1, 0.15) is 42.5 Å². The third-order valence-corrected chi connectivity index (χ3v) is 4.91. The molecular weight excluding hydrogens is 392 g/mol. The molecule has 0 heterocycles. The molecular formula is C25H26N2O2S. The van der Waals surface area contributed by atoms with Gasteiger partial charge in [-0.25, -0.2) is 0 Å². The Morgan fingerprint density at radius 3 is 1.97 bits per heavy atom. The van der Waals surface area contributed by atoms with E-state index in [-0.39, 0.29) is 23.7 Å². The van der Waals surface area contributed by atoms with Gasteiger partial charge in [0.1, 0.15) is 5.75 Å². The average molecular weight is 419 g/mol. The normalized spacial score (nSPS) is 10.7. The van der Waals surface area contributed by atoms with Crippen LogP contribution in [0, 0.1) is 0 Å². The average Bonchev–Trinajstić information content (AvgIpc) is 2.77. The predicted molar refractivity (Wildman–Crippen MR) is 125 cm³/mol. The first-order valence-electron chi connectivity index (χ1n) is 9.96. The second kappa shape index (κ2) is 10.6. The zero-order valence-electron chi connectivity index (χ0n) is 17.2. The molecule has 0 spiro atoms. The van der Waals surface area contributed by atoms with Crippen molar-refractivity contribution in [2.45, 2.75) is 25.8 Å². The molecule has 3 rings (SSSR count). The van der Waals surface area contributed by atoms with E-state index >= 15 is 0 Å². The molecule has 4 nitrogen and oxygen atoms in total. The summed E-state index contributed by atoms with van der Waals surface area (Å²) in [6, 6.07) is 27.6. The molecule has 0 saturated heterocycles. The molecule has 1 amide bonds. The number of carbonyl (C=O) groups is 1. The highest BCUT2D eigenvalue weighted by molar-refractivity contribution is 7.80. The summed E-state index contributed by atoms with van der Waals surface area (Å²) in [5.41, 5.74) is 3.18. The molecule has 0 bridgehead atoms. The number of hydrogen-bond donors (Lipinski definition) is 2. The van der Waals surface area contributed by atoms with Crippen molar-refractivity contribution in [2.75, 3.05) is 6.61 Å². The Hall–Kier alpha value is -3.18. The molecule has 0 fully saturated rings. The molecule has 0 saturated carbocycles. The SMILES string of the molecule is CC(C)c1ccccc1OCC(=O)NC(=S)NC(c1ccccc1)c1ccccc1. The fraction of sp³-hybridized carbons (Fsp3) is 0.200. The third-order valence-electron chi connectivity index (χ3n) is 4.69. The predicted octanol–water partition coefficient (Wildman–Crippen LogP) is 4.97. The summed E-state index contributed by atoms with van der Waals surface area (Å²) in [6.07, 6.45) is 0. The minimum absolute atomic E-state index is 0.104. The second-order valence-corrected chi connectivity index (χ2v) is 7.67. The van der Waals surface area contributed by atoms with Gasteiger partial charge in [0.2, 0.25) is 0 Å². The van der Waals surface area contributed by atoms with Crippen molar-refractivity contribution in [3.8, 4) is 5.75 Å². The minimum Gasteiger partial charge on any atom is -0.483 e. The van der Waals surface area contributed by atoms with Gasteiger partial charge in [0.15, 0.2) is 11.7 Å². The van der Waals surface area contributed by atoms with Gasteiger partial charge in [0.05, 0.1) is 6.04 Å². The van der Waals surface area contributed by atoms with Gasteiger partial charge in [-0.15, -0.1) is 0 Å². The molecule has 30 heavy (non-hydrogen) atoms. The Bertz CT molecular complexity index is 935. The summed E-state index contributed by atoms with van der Waals surface area (Å²) in [5, 5.41) is 6.24. The first-order chi connectivity index (χ1) is 14.5. The molecule has 0 radical (unpaired) electrons. The second-order valence-electron chi connectivity index (χ2n) is 7.26. The number of amides is 1. The van der Waals surface area contributed by atoms with Crippen LogP contribution in [-0.4, -0.2) is 17.6 Å². The lowest BCUT2D eigenvalue weighted by molar-refractivity contribution is -0.121. The van der Waals surface area contributed by atoms with Gasteiger partial charge in [-0.2, -0.15) is 0 Å². The Labute approximate surface area is 183 Å². The summed E-state index contributed by atoms with van der Waals surface area (Å²) in [5.74, 6) is 0.725. The standard InChI is InChI=1S/C25H26N2O2S/c1-18(2)21-15-9-10-16-22(21)29-17-23(28)26-25(30)27-24(19-11-5-3-6-12-19)20-13-7-4-8-14-20/h3-16,18,24H,17H2,1-2H3,(H2,26,27,28,30). The van der Waals surface area contributed by atoms with E-state index in [1.165, 1.54) is 0 Å². The highest BCUT2D eigenvalue weighted by atomic mass is 32.1. The molecule has 2 N–H and O–H groups in total. The van der Waals surface area contributed by atoms with E-state index < -0.39 is 0 Å². The van der Waals surface area contributed by atoms with E-state index in [1.54, 1.807) is 0 Å². The minimum atomic E-state index is -0.300. The zero-order valence-corrected chi connectivity index (χ0v) is 18.0. The van der Waals surface area contributed by atoms with Crippen LogP contribution in [0.2, 0.25) is 0 Å². The number of ether oxygens (including phenoxy) is 1. The quantitative estimate of drug-likeness (QED) is 0.532. The molecule has 5 heteroatoms. The molecule has 0 unspecified atom stereocenters. The fourth-order valence-electron chi connectivity index (χ4n) is 3.21. The van der Waals surface area contributed by atoms with E-state index in [0.29, 0.717) is 11.7 Å². The molecule has 0 aromatic heterocycles. The van der Waals surface area contributed by atoms with Gasteiger partial charge in [-0.3, -0.25) is 4.79 Å². The van der Waals surface area contributed by atoms with Crippen molar-refractivity contribution < 1.29 is 9.53 Å². The van der Waals surface area contributed by atoms with E-state index in [1.807, 2.05) is 84.9 Å². The summed E-state index contributed by atoms with van der Waals surface area (Å²) in [6.45, 7) is 4.08. The molecule has 0 aliphatic carbocycles. The maximum absolute atomic E-state index is 12.4. The van der Waals surface area contributed by atoms with Crippen LogP contribution < -0.4 is 15.4 Å². The maximum Gasteiger partial charge on any atom is 0.264 e. The number of benzene rings is 3. The van der Waals surface area contributed by atoms with Crippen LogP contribution in [0.25, 0.3) is 0 Å². The highest BCUT2D eigenvalue weighted by Crippen LogP contribution is 2.25. The lowest BCUT2D eigenvalue weighted by atomic mass is 9.99. The van der Waals surface area contributed by atoms with Gasteiger partial charge >= 0.3 is 0 Å². The van der Waals surface area contributed by atoms with Crippen LogP contribution in [0.3, 0.4) is 0 Å². The summed E-state index contributed by atoms with van der Waals surface area (Å²) >= 11 is 5.41. The molecule has 0 aliphatic rings. The van der Waals surface area contributed by atoms with Crippen LogP contribution in [0.5, 0.6) is 5.75 Å². The van der Waals surface area contributed by atoms with Gasteiger partial charge in [0, 0.05) is 0 Å². The number of carbonyl (C=O) groups excluding carboxylic acids is 1. The van der Waals surface area contributed by atoms with Gasteiger partial charge in [0.25, 0.3) is 5.91 Å². The van der Waals surface area contributed by atoms with Crippen molar-refractivity contribution in [1.82, 2.24) is 10.6 Å². The van der Waals surface area contributed by atoms with Crippen molar-refractivity contribution in [3.63, 3.8) is 0 Å². The Morgan fingerprint density at radius 1 is 0.867 bits per heavy atom. The molecule has 3 aromatic carbocycles. The number of thiocarbonyl (C=S) groups is 1. The Kier molecular flexibility index (Phi) is 7.57. The summed E-state index contributed by atoms with van der Waals surface area (Å²) < 4.78 is 5.74. The highest BCUT2D eigenvalue weighted by Gasteiger charge is 2.16. The number of nitrogens with one attached hydrogen (secondary N) is 2. The lowest BCUT2D eigenvalue weighted by Gasteiger charge is -2.21. The van der Waals surface area contributed by atoms with Crippen molar-refractivity contribution in [1.29, 1.82) is 0 Å². The van der Waals surface area contributed by atoms with Crippen LogP contribution in [-0.2, 0) is 4.79 Å². The van der Waals surface area contributed by atoms with Crippen molar-refractivity contribution in [3.05, 3.63) is 102 Å². The third kappa shape index (κ3) is 5.91. The molecule has 0 atom stereocenters. The molecule has 3 aromatic rings. The summed E-state index contributed by atoms with van der Waals surface area (Å²) in [7, 11) is 0. The Morgan fingerprint density at radius 2 is 1.40 bits per heavy atom. The van der Waals surface area contributed by atoms with Crippen molar-refractivity contribution in [2.24, 2.45) is 0 Å². The smallest absolute Gasteiger partial charge is 0.264 e. The number of rotatable bonds is 7.